The first kappa shape index (κ1) is 16.9. The molecule has 0 N–H and O–H groups in total. The van der Waals surface area contributed by atoms with Gasteiger partial charge in [-0.2, -0.15) is 11.3 Å². The lowest BCUT2D eigenvalue weighted by atomic mass is 10.0. The summed E-state index contributed by atoms with van der Waals surface area (Å²) in [7, 11) is 1.39. The molecule has 0 amide bonds. The van der Waals surface area contributed by atoms with Gasteiger partial charge in [0.25, 0.3) is 0 Å². The number of esters is 1. The second-order valence-electron chi connectivity index (χ2n) is 6.10. The summed E-state index contributed by atoms with van der Waals surface area (Å²) in [6.07, 6.45) is 6.86. The molecule has 0 saturated carbocycles. The van der Waals surface area contributed by atoms with Crippen LogP contribution >= 0.6 is 11.3 Å². The van der Waals surface area contributed by atoms with Crippen molar-refractivity contribution in [1.29, 1.82) is 0 Å². The summed E-state index contributed by atoms with van der Waals surface area (Å²) >= 11 is 1.77. The maximum Gasteiger partial charge on any atom is 0.330 e. The Morgan fingerprint density at radius 3 is 2.88 bits per heavy atom. The molecule has 3 rings (SSSR count). The van der Waals surface area contributed by atoms with E-state index in [2.05, 4.69) is 50.7 Å². The largest absolute Gasteiger partial charge is 0.466 e. The molecule has 1 aliphatic rings. The molecule has 1 fully saturated rings. The Morgan fingerprint density at radius 1 is 1.33 bits per heavy atom. The first-order valence-electron chi connectivity index (χ1n) is 8.37. The van der Waals surface area contributed by atoms with E-state index in [4.69, 9.17) is 0 Å². The summed E-state index contributed by atoms with van der Waals surface area (Å²) in [6, 6.07) is 11.3. The van der Waals surface area contributed by atoms with Gasteiger partial charge >= 0.3 is 5.97 Å². The molecule has 0 unspecified atom stereocenters. The van der Waals surface area contributed by atoms with Crippen molar-refractivity contribution in [3.8, 4) is 0 Å². The molecular formula is C20H23NO2S. The molecule has 3 nitrogen and oxygen atoms in total. The highest BCUT2D eigenvalue weighted by Gasteiger charge is 2.25. The lowest BCUT2D eigenvalue weighted by Gasteiger charge is -2.24. The van der Waals surface area contributed by atoms with Crippen LogP contribution in [-0.2, 0) is 16.0 Å². The maximum atomic E-state index is 11.2. The van der Waals surface area contributed by atoms with Crippen molar-refractivity contribution in [3.05, 3.63) is 63.9 Å². The number of methoxy groups -OCH3 is 1. The fraction of sp³-hybridized carbons (Fsp3) is 0.350. The summed E-state index contributed by atoms with van der Waals surface area (Å²) < 4.78 is 4.62. The van der Waals surface area contributed by atoms with Gasteiger partial charge in [-0.15, -0.1) is 0 Å². The van der Waals surface area contributed by atoms with E-state index < -0.39 is 0 Å². The zero-order valence-corrected chi connectivity index (χ0v) is 14.8. The van der Waals surface area contributed by atoms with Crippen LogP contribution in [0.5, 0.6) is 0 Å². The molecule has 0 radical (unpaired) electrons. The quantitative estimate of drug-likeness (QED) is 0.579. The highest BCUT2D eigenvalue weighted by Crippen LogP contribution is 2.32. The zero-order valence-electron chi connectivity index (χ0n) is 14.0. The van der Waals surface area contributed by atoms with E-state index >= 15 is 0 Å². The van der Waals surface area contributed by atoms with Gasteiger partial charge in [0, 0.05) is 18.7 Å². The second-order valence-corrected chi connectivity index (χ2v) is 6.88. The summed E-state index contributed by atoms with van der Waals surface area (Å²) in [5, 5.41) is 4.39. The molecule has 24 heavy (non-hydrogen) atoms. The molecule has 1 aromatic carbocycles. The molecule has 0 spiro atoms. The van der Waals surface area contributed by atoms with E-state index in [1.54, 1.807) is 17.4 Å². The van der Waals surface area contributed by atoms with Gasteiger partial charge in [0.15, 0.2) is 0 Å². The van der Waals surface area contributed by atoms with Gasteiger partial charge in [0.05, 0.1) is 7.11 Å². The van der Waals surface area contributed by atoms with E-state index in [0.29, 0.717) is 6.04 Å². The van der Waals surface area contributed by atoms with Gasteiger partial charge in [0.1, 0.15) is 0 Å². The Morgan fingerprint density at radius 2 is 2.17 bits per heavy atom. The molecule has 1 atom stereocenters. The number of rotatable bonds is 6. The second kappa shape index (κ2) is 8.27. The molecular weight excluding hydrogens is 318 g/mol. The number of hydrogen-bond acceptors (Lipinski definition) is 4. The molecule has 1 aromatic heterocycles. The predicted octanol–water partition coefficient (Wildman–Crippen LogP) is 4.31. The number of ether oxygens (including phenoxy) is 1. The Balaban J connectivity index is 1.62. The summed E-state index contributed by atoms with van der Waals surface area (Å²) in [5.74, 6) is -0.325. The number of carbonyl (C=O) groups is 1. The lowest BCUT2D eigenvalue weighted by Crippen LogP contribution is -2.25. The van der Waals surface area contributed by atoms with Crippen LogP contribution in [0.3, 0.4) is 0 Å². The molecule has 0 aliphatic carbocycles. The van der Waals surface area contributed by atoms with Crippen molar-refractivity contribution >= 4 is 23.4 Å². The number of hydrogen-bond donors (Lipinski definition) is 0. The summed E-state index contributed by atoms with van der Waals surface area (Å²) in [5.41, 5.74) is 3.83. The Labute approximate surface area is 147 Å². The van der Waals surface area contributed by atoms with E-state index in [1.807, 2.05) is 0 Å². The van der Waals surface area contributed by atoms with Crippen molar-refractivity contribution in [2.75, 3.05) is 20.2 Å². The number of carbonyl (C=O) groups excluding carboxylic acids is 1. The van der Waals surface area contributed by atoms with Crippen molar-refractivity contribution in [2.45, 2.75) is 25.3 Å². The van der Waals surface area contributed by atoms with Crippen LogP contribution < -0.4 is 0 Å². The van der Waals surface area contributed by atoms with Crippen LogP contribution in [0.25, 0.3) is 6.08 Å². The fourth-order valence-corrected chi connectivity index (χ4v) is 3.94. The van der Waals surface area contributed by atoms with Crippen LogP contribution in [0.1, 0.15) is 35.6 Å². The average Bonchev–Trinajstić information content (AvgIpc) is 3.29. The fourth-order valence-electron chi connectivity index (χ4n) is 3.24. The summed E-state index contributed by atoms with van der Waals surface area (Å²) in [6.45, 7) is 2.30. The topological polar surface area (TPSA) is 29.5 Å². The van der Waals surface area contributed by atoms with E-state index in [9.17, 15) is 4.79 Å². The molecule has 126 valence electrons. The zero-order chi connectivity index (χ0) is 16.8. The van der Waals surface area contributed by atoms with Gasteiger partial charge in [-0.25, -0.2) is 4.79 Å². The molecule has 1 saturated heterocycles. The highest BCUT2D eigenvalue weighted by atomic mass is 32.1. The number of likely N-dealkylation sites (tertiary alicyclic amines) is 1. The minimum Gasteiger partial charge on any atom is -0.466 e. The molecule has 0 bridgehead atoms. The van der Waals surface area contributed by atoms with E-state index in [1.165, 1.54) is 43.7 Å². The smallest absolute Gasteiger partial charge is 0.330 e. The third kappa shape index (κ3) is 4.34. The van der Waals surface area contributed by atoms with Gasteiger partial charge in [-0.3, -0.25) is 4.90 Å². The van der Waals surface area contributed by atoms with Crippen LogP contribution in [0.15, 0.2) is 47.2 Å². The normalized spacial score (nSPS) is 18.3. The van der Waals surface area contributed by atoms with Crippen molar-refractivity contribution in [2.24, 2.45) is 0 Å². The third-order valence-electron chi connectivity index (χ3n) is 4.57. The Hall–Kier alpha value is -1.91. The van der Waals surface area contributed by atoms with Crippen LogP contribution in [0.4, 0.5) is 0 Å². The molecule has 2 heterocycles. The first-order valence-corrected chi connectivity index (χ1v) is 9.31. The van der Waals surface area contributed by atoms with Gasteiger partial charge in [-0.05, 0) is 65.4 Å². The Bertz CT molecular complexity index is 676. The van der Waals surface area contributed by atoms with Crippen molar-refractivity contribution in [3.63, 3.8) is 0 Å². The highest BCUT2D eigenvalue weighted by molar-refractivity contribution is 7.07. The maximum absolute atomic E-state index is 11.2. The molecule has 4 heteroatoms. The average molecular weight is 341 g/mol. The van der Waals surface area contributed by atoms with E-state index in [0.717, 1.165) is 18.5 Å². The first-order chi connectivity index (χ1) is 11.8. The predicted molar refractivity (Wildman–Crippen MR) is 99.1 cm³/mol. The lowest BCUT2D eigenvalue weighted by molar-refractivity contribution is -0.134. The Kier molecular flexibility index (Phi) is 5.83. The minimum atomic E-state index is -0.325. The van der Waals surface area contributed by atoms with Gasteiger partial charge in [-0.1, -0.05) is 24.3 Å². The van der Waals surface area contributed by atoms with Gasteiger partial charge in [0.2, 0.25) is 0 Å². The SMILES string of the molecule is COC(=O)C=Cc1ccc([C@@H]2CCCN2CCc2ccsc2)cc1. The van der Waals surface area contributed by atoms with Crippen molar-refractivity contribution < 1.29 is 9.53 Å². The number of thiophene rings is 1. The van der Waals surface area contributed by atoms with Crippen LogP contribution in [0.2, 0.25) is 0 Å². The van der Waals surface area contributed by atoms with Crippen molar-refractivity contribution in [1.82, 2.24) is 4.90 Å². The minimum absolute atomic E-state index is 0.325. The number of nitrogens with zero attached hydrogens (tertiary/aromatic N) is 1. The van der Waals surface area contributed by atoms with Crippen LogP contribution in [-0.4, -0.2) is 31.1 Å². The van der Waals surface area contributed by atoms with Crippen LogP contribution in [0, 0.1) is 0 Å². The standard InChI is InChI=1S/C20H23NO2S/c1-23-20(22)9-6-16-4-7-18(8-5-16)19-3-2-12-21(19)13-10-17-11-14-24-15-17/h4-9,11,14-15,19H,2-3,10,12-13H2,1H3/t19-/m0/s1. The third-order valence-corrected chi connectivity index (χ3v) is 5.30. The molecule has 2 aromatic rings. The summed E-state index contributed by atoms with van der Waals surface area (Å²) in [4.78, 5) is 13.8. The van der Waals surface area contributed by atoms with E-state index in [-0.39, 0.29) is 5.97 Å². The molecule has 1 aliphatic heterocycles. The monoisotopic (exact) mass is 341 g/mol. The number of benzene rings is 1. The van der Waals surface area contributed by atoms with Gasteiger partial charge < -0.3 is 4.74 Å².